The minimum atomic E-state index is -1.05. The normalized spacial score (nSPS) is 15.0. The zero-order chi connectivity index (χ0) is 19.1. The van der Waals surface area contributed by atoms with Gasteiger partial charge in [0.2, 0.25) is 6.10 Å². The Morgan fingerprint density at radius 1 is 1.11 bits per heavy atom. The lowest BCUT2D eigenvalue weighted by atomic mass is 10.1. The van der Waals surface area contributed by atoms with Crippen molar-refractivity contribution >= 4 is 29.1 Å². The van der Waals surface area contributed by atoms with E-state index in [0.29, 0.717) is 36.7 Å². The molecule has 1 atom stereocenters. The van der Waals surface area contributed by atoms with E-state index in [1.165, 1.54) is 11.3 Å². The van der Waals surface area contributed by atoms with Crippen molar-refractivity contribution in [2.45, 2.75) is 6.10 Å². The number of benzene rings is 1. The van der Waals surface area contributed by atoms with Gasteiger partial charge in [0.05, 0.1) is 18.1 Å². The second-order valence-electron chi connectivity index (χ2n) is 5.88. The predicted molar refractivity (Wildman–Crippen MR) is 99.3 cm³/mol. The summed E-state index contributed by atoms with van der Waals surface area (Å²) in [6.45, 7) is 1.51. The van der Waals surface area contributed by atoms with Crippen LogP contribution in [0.3, 0.4) is 0 Å². The molecule has 2 aromatic rings. The second-order valence-corrected chi connectivity index (χ2v) is 6.83. The molecule has 3 rings (SSSR count). The summed E-state index contributed by atoms with van der Waals surface area (Å²) in [6, 6.07) is 12.3. The molecule has 0 saturated carbocycles. The average Bonchev–Trinajstić information content (AvgIpc) is 3.26. The maximum absolute atomic E-state index is 12.9. The first kappa shape index (κ1) is 19.1. The van der Waals surface area contributed by atoms with Gasteiger partial charge in [-0.3, -0.25) is 14.4 Å². The minimum Gasteiger partial charge on any atom is -0.446 e. The molecule has 142 valence electrons. The Morgan fingerprint density at radius 3 is 2.52 bits per heavy atom. The summed E-state index contributed by atoms with van der Waals surface area (Å²) in [4.78, 5) is 39.2. The fourth-order valence-corrected chi connectivity index (χ4v) is 3.30. The number of hydrogen-bond donors (Lipinski definition) is 1. The number of nitrogens with zero attached hydrogens (tertiary/aromatic N) is 1. The molecular formula is C19H20N2O5S. The minimum absolute atomic E-state index is 0.289. The summed E-state index contributed by atoms with van der Waals surface area (Å²) in [5, 5.41) is 4.29. The number of hydrogen-bond acceptors (Lipinski definition) is 6. The first-order valence-corrected chi connectivity index (χ1v) is 9.46. The molecule has 2 heterocycles. The Morgan fingerprint density at radius 2 is 1.85 bits per heavy atom. The molecule has 0 unspecified atom stereocenters. The fourth-order valence-electron chi connectivity index (χ4n) is 2.66. The van der Waals surface area contributed by atoms with Crippen molar-refractivity contribution in [2.75, 3.05) is 32.8 Å². The molecule has 1 aromatic carbocycles. The Labute approximate surface area is 160 Å². The summed E-state index contributed by atoms with van der Waals surface area (Å²) in [5.74, 6) is -1.31. The summed E-state index contributed by atoms with van der Waals surface area (Å²) in [5.41, 5.74) is 0.590. The largest absolute Gasteiger partial charge is 0.446 e. The van der Waals surface area contributed by atoms with Gasteiger partial charge in [0.1, 0.15) is 6.54 Å². The summed E-state index contributed by atoms with van der Waals surface area (Å²) in [6.07, 6.45) is -1.05. The molecule has 1 aliphatic heterocycles. The number of thiophene rings is 1. The molecule has 1 aromatic heterocycles. The van der Waals surface area contributed by atoms with Crippen molar-refractivity contribution in [3.05, 3.63) is 58.3 Å². The monoisotopic (exact) mass is 388 g/mol. The maximum atomic E-state index is 12.9. The predicted octanol–water partition coefficient (Wildman–Crippen LogP) is 1.62. The lowest BCUT2D eigenvalue weighted by Crippen LogP contribution is -2.44. The number of morpholine rings is 1. The van der Waals surface area contributed by atoms with Gasteiger partial charge in [-0.2, -0.15) is 0 Å². The van der Waals surface area contributed by atoms with Crippen LogP contribution in [0.5, 0.6) is 0 Å². The van der Waals surface area contributed by atoms with Crippen LogP contribution in [0.25, 0.3) is 0 Å². The van der Waals surface area contributed by atoms with Crippen molar-refractivity contribution in [3.8, 4) is 0 Å². The summed E-state index contributed by atoms with van der Waals surface area (Å²) >= 11 is 1.28. The third kappa shape index (κ3) is 5.15. The molecule has 1 N–H and O–H groups in total. The lowest BCUT2D eigenvalue weighted by Gasteiger charge is -2.30. The second kappa shape index (κ2) is 9.29. The highest BCUT2D eigenvalue weighted by atomic mass is 32.1. The van der Waals surface area contributed by atoms with E-state index in [1.54, 1.807) is 46.7 Å². The molecule has 2 amide bonds. The first-order chi connectivity index (χ1) is 13.1. The Bertz CT molecular complexity index is 773. The highest BCUT2D eigenvalue weighted by Gasteiger charge is 2.30. The molecular weight excluding hydrogens is 368 g/mol. The van der Waals surface area contributed by atoms with Crippen LogP contribution in [-0.4, -0.2) is 55.5 Å². The van der Waals surface area contributed by atoms with Gasteiger partial charge in [0.25, 0.3) is 11.8 Å². The van der Waals surface area contributed by atoms with Crippen molar-refractivity contribution in [1.29, 1.82) is 0 Å². The SMILES string of the molecule is O=C(CNC(=O)c1cccs1)O[C@H](C(=O)N1CCOCC1)c1ccccc1. The molecule has 1 saturated heterocycles. The van der Waals surface area contributed by atoms with Crippen LogP contribution in [-0.2, 0) is 19.1 Å². The molecule has 1 fully saturated rings. The van der Waals surface area contributed by atoms with Crippen LogP contribution in [0.2, 0.25) is 0 Å². The van der Waals surface area contributed by atoms with Crippen molar-refractivity contribution in [2.24, 2.45) is 0 Å². The number of ether oxygens (including phenoxy) is 2. The molecule has 7 nitrogen and oxygen atoms in total. The Kier molecular flexibility index (Phi) is 6.56. The van der Waals surface area contributed by atoms with E-state index < -0.39 is 12.1 Å². The average molecular weight is 388 g/mol. The maximum Gasteiger partial charge on any atom is 0.326 e. The highest BCUT2D eigenvalue weighted by molar-refractivity contribution is 7.12. The van der Waals surface area contributed by atoms with Gasteiger partial charge in [0, 0.05) is 18.7 Å². The van der Waals surface area contributed by atoms with Crippen LogP contribution in [0.1, 0.15) is 21.3 Å². The van der Waals surface area contributed by atoms with Gasteiger partial charge in [-0.25, -0.2) is 0 Å². The van der Waals surface area contributed by atoms with Gasteiger partial charge in [-0.05, 0) is 11.4 Å². The van der Waals surface area contributed by atoms with Crippen molar-refractivity contribution in [3.63, 3.8) is 0 Å². The van der Waals surface area contributed by atoms with E-state index in [1.807, 2.05) is 6.07 Å². The molecule has 27 heavy (non-hydrogen) atoms. The van der Waals surface area contributed by atoms with Gasteiger partial charge >= 0.3 is 5.97 Å². The van der Waals surface area contributed by atoms with E-state index in [0.717, 1.165) is 0 Å². The fraction of sp³-hybridized carbons (Fsp3) is 0.316. The van der Waals surface area contributed by atoms with Crippen LogP contribution in [0.4, 0.5) is 0 Å². The Balaban J connectivity index is 1.64. The van der Waals surface area contributed by atoms with Crippen molar-refractivity contribution in [1.82, 2.24) is 10.2 Å². The standard InChI is InChI=1S/C19H20N2O5S/c22-16(13-20-18(23)15-7-4-12-27-15)26-17(14-5-2-1-3-6-14)19(24)21-8-10-25-11-9-21/h1-7,12,17H,8-11,13H2,(H,20,23)/t17-/m0/s1. The van der Waals surface area contributed by atoms with E-state index in [2.05, 4.69) is 5.32 Å². The van der Waals surface area contributed by atoms with Crippen molar-refractivity contribution < 1.29 is 23.9 Å². The first-order valence-electron chi connectivity index (χ1n) is 8.58. The molecule has 1 aliphatic rings. The molecule has 0 aliphatic carbocycles. The van der Waals surface area contributed by atoms with Crippen LogP contribution >= 0.6 is 11.3 Å². The quantitative estimate of drug-likeness (QED) is 0.760. The molecule has 8 heteroatoms. The zero-order valence-electron chi connectivity index (χ0n) is 14.6. The zero-order valence-corrected chi connectivity index (χ0v) is 15.4. The van der Waals surface area contributed by atoms with Crippen LogP contribution in [0.15, 0.2) is 47.8 Å². The highest BCUT2D eigenvalue weighted by Crippen LogP contribution is 2.21. The smallest absolute Gasteiger partial charge is 0.326 e. The number of nitrogens with one attached hydrogen (secondary N) is 1. The summed E-state index contributed by atoms with van der Waals surface area (Å²) < 4.78 is 10.7. The number of carbonyl (C=O) groups excluding carboxylic acids is 3. The van der Waals surface area contributed by atoms with E-state index in [9.17, 15) is 14.4 Å². The number of amides is 2. The van der Waals surface area contributed by atoms with Gasteiger partial charge in [0.15, 0.2) is 0 Å². The number of rotatable bonds is 6. The van der Waals surface area contributed by atoms with E-state index in [4.69, 9.17) is 9.47 Å². The van der Waals surface area contributed by atoms with Crippen LogP contribution < -0.4 is 5.32 Å². The van der Waals surface area contributed by atoms with Gasteiger partial charge in [-0.1, -0.05) is 36.4 Å². The van der Waals surface area contributed by atoms with Gasteiger partial charge < -0.3 is 19.7 Å². The van der Waals surface area contributed by atoms with E-state index >= 15 is 0 Å². The number of esters is 1. The molecule has 0 spiro atoms. The van der Waals surface area contributed by atoms with Crippen LogP contribution in [0, 0.1) is 0 Å². The summed E-state index contributed by atoms with van der Waals surface area (Å²) in [7, 11) is 0. The Hall–Kier alpha value is -2.71. The molecule has 0 radical (unpaired) electrons. The van der Waals surface area contributed by atoms with E-state index in [-0.39, 0.29) is 18.4 Å². The third-order valence-electron chi connectivity index (χ3n) is 4.04. The van der Waals surface area contributed by atoms with Gasteiger partial charge in [-0.15, -0.1) is 11.3 Å². The third-order valence-corrected chi connectivity index (χ3v) is 4.91. The number of carbonyl (C=O) groups is 3. The molecule has 0 bridgehead atoms. The topological polar surface area (TPSA) is 84.9 Å². The lowest BCUT2D eigenvalue weighted by molar-refractivity contribution is -0.162.